The number of pyridine rings is 1. The van der Waals surface area contributed by atoms with Crippen molar-refractivity contribution in [1.82, 2.24) is 30.4 Å². The molecule has 0 unspecified atom stereocenters. The molecule has 0 atom stereocenters. The van der Waals surface area contributed by atoms with Gasteiger partial charge in [0.15, 0.2) is 5.82 Å². The second-order valence-electron chi connectivity index (χ2n) is 8.77. The number of allylic oxidation sites excluding steroid dienone is 1. The fourth-order valence-corrected chi connectivity index (χ4v) is 3.54. The predicted octanol–water partition coefficient (Wildman–Crippen LogP) is 3.91. The van der Waals surface area contributed by atoms with Crippen LogP contribution in [0.15, 0.2) is 53.4 Å². The predicted molar refractivity (Wildman–Crippen MR) is 131 cm³/mol. The molecule has 4 aromatic rings. The van der Waals surface area contributed by atoms with Crippen LogP contribution in [0, 0.1) is 11.2 Å². The van der Waals surface area contributed by atoms with Gasteiger partial charge in [-0.15, -0.1) is 0 Å². The summed E-state index contributed by atoms with van der Waals surface area (Å²) in [5.74, 6) is -1.44. The van der Waals surface area contributed by atoms with E-state index in [9.17, 15) is 9.18 Å². The van der Waals surface area contributed by atoms with Gasteiger partial charge >= 0.3 is 11.8 Å². The van der Waals surface area contributed by atoms with Crippen LogP contribution in [0.1, 0.15) is 41.5 Å². The summed E-state index contributed by atoms with van der Waals surface area (Å²) in [6.07, 6.45) is 6.36. The van der Waals surface area contributed by atoms with E-state index in [1.165, 1.54) is 12.3 Å². The lowest BCUT2D eigenvalue weighted by atomic mass is 9.95. The second kappa shape index (κ2) is 10.1. The molecule has 186 valence electrons. The number of benzene rings is 1. The van der Waals surface area contributed by atoms with Crippen LogP contribution in [0.5, 0.6) is 0 Å². The smallest absolute Gasteiger partial charge is 0.315 e. The van der Waals surface area contributed by atoms with Gasteiger partial charge in [-0.25, -0.2) is 8.91 Å². The van der Waals surface area contributed by atoms with Crippen LogP contribution in [-0.2, 0) is 12.0 Å². The summed E-state index contributed by atoms with van der Waals surface area (Å²) >= 11 is 0. The number of halogens is 2. The normalized spacial score (nSPS) is 12.1. The number of nitrogens with one attached hydrogen (secondary N) is 3. The molecule has 0 bridgehead atoms. The van der Waals surface area contributed by atoms with E-state index in [1.807, 2.05) is 12.1 Å². The highest BCUT2D eigenvalue weighted by Crippen LogP contribution is 2.29. The Morgan fingerprint density at radius 1 is 1.28 bits per heavy atom. The lowest BCUT2D eigenvalue weighted by Gasteiger charge is -2.13. The third-order valence-electron chi connectivity index (χ3n) is 5.66. The summed E-state index contributed by atoms with van der Waals surface area (Å²) in [7, 11) is 1.74. The summed E-state index contributed by atoms with van der Waals surface area (Å²) in [4.78, 5) is 16.3. The molecule has 3 heterocycles. The molecule has 1 amide bonds. The summed E-state index contributed by atoms with van der Waals surface area (Å²) in [6, 6.07) is 8.40. The highest BCUT2D eigenvalue weighted by molar-refractivity contribution is 6.08. The number of aromatic nitrogens is 4. The summed E-state index contributed by atoms with van der Waals surface area (Å²) in [5, 5.41) is 21.1. The number of hydrogen-bond donors (Lipinski definition) is 3. The van der Waals surface area contributed by atoms with Crippen LogP contribution >= 0.6 is 0 Å². The van der Waals surface area contributed by atoms with Gasteiger partial charge in [-0.1, -0.05) is 31.1 Å². The van der Waals surface area contributed by atoms with Crippen LogP contribution in [-0.4, -0.2) is 45.6 Å². The van der Waals surface area contributed by atoms with E-state index in [0.717, 1.165) is 16.6 Å². The number of fused-ring (bicyclic) bond motifs is 1. The van der Waals surface area contributed by atoms with Gasteiger partial charge in [0.1, 0.15) is 12.5 Å². The van der Waals surface area contributed by atoms with E-state index in [-0.39, 0.29) is 23.8 Å². The largest absolute Gasteiger partial charge is 0.393 e. The molecule has 36 heavy (non-hydrogen) atoms. The number of hydrogen-bond acceptors (Lipinski definition) is 7. The van der Waals surface area contributed by atoms with Gasteiger partial charge in [0, 0.05) is 60.7 Å². The number of amides is 1. The minimum atomic E-state index is -0.982. The Balaban J connectivity index is 1.57. The molecule has 3 N–H and O–H groups in total. The molecule has 0 fully saturated rings. The van der Waals surface area contributed by atoms with Crippen LogP contribution < -0.4 is 10.6 Å². The van der Waals surface area contributed by atoms with E-state index >= 15 is 4.39 Å². The maximum absolute atomic E-state index is 15.0. The van der Waals surface area contributed by atoms with Gasteiger partial charge in [-0.05, 0) is 23.8 Å². The van der Waals surface area contributed by atoms with Crippen molar-refractivity contribution in [1.29, 1.82) is 5.41 Å². The van der Waals surface area contributed by atoms with Crippen molar-refractivity contribution < 1.29 is 18.1 Å². The first-order valence-corrected chi connectivity index (χ1v) is 11.1. The molecule has 4 rings (SSSR count). The zero-order valence-corrected chi connectivity index (χ0v) is 20.0. The van der Waals surface area contributed by atoms with E-state index in [4.69, 9.17) is 9.93 Å². The van der Waals surface area contributed by atoms with Crippen molar-refractivity contribution >= 4 is 23.2 Å². The Morgan fingerprint density at radius 2 is 2.08 bits per heavy atom. The zero-order chi connectivity index (χ0) is 25.9. The number of alkyl halides is 1. The minimum absolute atomic E-state index is 0.0786. The highest BCUT2D eigenvalue weighted by atomic mass is 19.1. The quantitative estimate of drug-likeness (QED) is 0.304. The van der Waals surface area contributed by atoms with Gasteiger partial charge in [0.05, 0.1) is 10.9 Å². The van der Waals surface area contributed by atoms with Crippen LogP contribution in [0.3, 0.4) is 0 Å². The zero-order valence-electron chi connectivity index (χ0n) is 20.0. The molecule has 0 spiro atoms. The number of nitrogens with zero attached hydrogens (tertiary/aromatic N) is 4. The Hall–Kier alpha value is -4.41. The van der Waals surface area contributed by atoms with Crippen molar-refractivity contribution in [3.05, 3.63) is 77.6 Å². The third kappa shape index (κ3) is 4.85. The van der Waals surface area contributed by atoms with Gasteiger partial charge in [0.25, 0.3) is 0 Å². The summed E-state index contributed by atoms with van der Waals surface area (Å²) < 4.78 is 34.8. The fraction of sp³-hybridized carbons (Fsp3) is 0.240. The summed E-state index contributed by atoms with van der Waals surface area (Å²) in [6.45, 7) is 2.36. The Bertz CT molecular complexity index is 1460. The Kier molecular flexibility index (Phi) is 6.91. The number of carbonyl (C=O) groups excluding carboxylic acids is 1. The van der Waals surface area contributed by atoms with Crippen molar-refractivity contribution in [2.75, 3.05) is 13.7 Å². The molecular weight excluding hydrogens is 468 g/mol. The van der Waals surface area contributed by atoms with E-state index < -0.39 is 23.8 Å². The fourth-order valence-electron chi connectivity index (χ4n) is 3.54. The lowest BCUT2D eigenvalue weighted by molar-refractivity contribution is 0.0906. The third-order valence-corrected chi connectivity index (χ3v) is 5.66. The first kappa shape index (κ1) is 24.7. The summed E-state index contributed by atoms with van der Waals surface area (Å²) in [5.41, 5.74) is 2.76. The maximum atomic E-state index is 15.0. The Labute approximate surface area is 205 Å². The molecule has 0 radical (unpaired) electrons. The Morgan fingerprint density at radius 3 is 2.78 bits per heavy atom. The standard InChI is InChI=1S/C25H25F2N7O2/c1-25(2,14-26)24-32-23(36-33-24)22(35)30-12-16-5-4-15(9-20(16)27)19-8-17(18(10-28)11-29-3)13-34-21(19)6-7-31-34/h4-11,13,28-29H,12,14H2,1-3H3,(H,30,35)/b18-11+,28-10?. The molecule has 0 aliphatic heterocycles. The number of carbonyl (C=O) groups is 1. The van der Waals surface area contributed by atoms with E-state index in [1.54, 1.807) is 56.1 Å². The van der Waals surface area contributed by atoms with Crippen LogP contribution in [0.2, 0.25) is 0 Å². The average molecular weight is 494 g/mol. The minimum Gasteiger partial charge on any atom is -0.393 e. The second-order valence-corrected chi connectivity index (χ2v) is 8.77. The van der Waals surface area contributed by atoms with Crippen molar-refractivity contribution in [3.8, 4) is 11.1 Å². The number of rotatable bonds is 9. The molecule has 0 saturated carbocycles. The highest BCUT2D eigenvalue weighted by Gasteiger charge is 2.28. The topological polar surface area (TPSA) is 121 Å². The molecular formula is C25H25F2N7O2. The lowest BCUT2D eigenvalue weighted by Crippen LogP contribution is -2.25. The molecule has 0 aliphatic rings. The van der Waals surface area contributed by atoms with Gasteiger partial charge in [-0.2, -0.15) is 10.1 Å². The van der Waals surface area contributed by atoms with Gasteiger partial charge < -0.3 is 20.6 Å². The van der Waals surface area contributed by atoms with E-state index in [0.29, 0.717) is 11.1 Å². The van der Waals surface area contributed by atoms with Crippen molar-refractivity contribution in [2.24, 2.45) is 0 Å². The van der Waals surface area contributed by atoms with Crippen LogP contribution in [0.4, 0.5) is 8.78 Å². The van der Waals surface area contributed by atoms with Crippen LogP contribution in [0.25, 0.3) is 22.2 Å². The SMILES string of the molecule is CN/C=C(\C=N)c1cc(-c2ccc(CNC(=O)c3nc(C(C)(C)CF)no3)c(F)c2)c2ccnn2c1. The monoisotopic (exact) mass is 493 g/mol. The molecule has 1 aromatic carbocycles. The first-order valence-electron chi connectivity index (χ1n) is 11.1. The first-order chi connectivity index (χ1) is 17.3. The van der Waals surface area contributed by atoms with Crippen molar-refractivity contribution in [3.63, 3.8) is 0 Å². The van der Waals surface area contributed by atoms with Gasteiger partial charge in [0.2, 0.25) is 0 Å². The molecule has 11 heteroatoms. The maximum Gasteiger partial charge on any atom is 0.315 e. The van der Waals surface area contributed by atoms with E-state index in [2.05, 4.69) is 25.9 Å². The molecule has 0 saturated heterocycles. The van der Waals surface area contributed by atoms with Crippen molar-refractivity contribution in [2.45, 2.75) is 25.8 Å². The molecule has 0 aliphatic carbocycles. The molecule has 9 nitrogen and oxygen atoms in total. The molecule has 3 aromatic heterocycles. The average Bonchev–Trinajstić information content (AvgIpc) is 3.56. The van der Waals surface area contributed by atoms with Gasteiger partial charge in [-0.3, -0.25) is 9.18 Å².